The number of hydrogen-bond donors (Lipinski definition) is 0. The van der Waals surface area contributed by atoms with E-state index in [1.165, 1.54) is 27.4 Å². The lowest BCUT2D eigenvalue weighted by Crippen LogP contribution is -1.94. The lowest BCUT2D eigenvalue weighted by molar-refractivity contribution is 0.667. The second-order valence-electron chi connectivity index (χ2n) is 16.1. The van der Waals surface area contributed by atoms with E-state index in [1.54, 1.807) is 0 Å². The fourth-order valence-corrected chi connectivity index (χ4v) is 9.44. The van der Waals surface area contributed by atoms with Crippen molar-refractivity contribution in [2.24, 2.45) is 0 Å². The number of benzene rings is 9. The van der Waals surface area contributed by atoms with Gasteiger partial charge >= 0.3 is 0 Å². The van der Waals surface area contributed by atoms with E-state index in [9.17, 15) is 0 Å². The Morgan fingerprint density at radius 1 is 0.349 bits per heavy atom. The van der Waals surface area contributed by atoms with Crippen LogP contribution in [0.2, 0.25) is 0 Å². The average Bonchev–Trinajstić information content (AvgIpc) is 4.03. The molecule has 4 aromatic heterocycles. The van der Waals surface area contributed by atoms with Gasteiger partial charge < -0.3 is 13.4 Å². The Morgan fingerprint density at radius 2 is 0.921 bits per heavy atom. The molecule has 0 fully saturated rings. The maximum Gasteiger partial charge on any atom is 0.180 e. The second kappa shape index (κ2) is 14.0. The van der Waals surface area contributed by atoms with Crippen LogP contribution in [-0.2, 0) is 0 Å². The third kappa shape index (κ3) is 5.71. The van der Waals surface area contributed by atoms with Gasteiger partial charge in [-0.15, -0.1) is 0 Å². The summed E-state index contributed by atoms with van der Waals surface area (Å²) >= 11 is 0. The SMILES string of the molecule is c1ccc(-c2cccc(-n3c4ccccc4c4cc(-c5ccc6oc7cccc(-c8nc(-c9ccccc9)c9oc%10ccc(-c%11ccccc%11)cc%10c9n8)c7c6c5)ccc43)c2)cc1. The fourth-order valence-electron chi connectivity index (χ4n) is 9.44. The Labute approximate surface area is 361 Å². The van der Waals surface area contributed by atoms with E-state index in [2.05, 4.69) is 174 Å². The van der Waals surface area contributed by atoms with Crippen molar-refractivity contribution in [2.75, 3.05) is 0 Å². The normalized spacial score (nSPS) is 11.8. The predicted molar refractivity (Wildman–Crippen MR) is 258 cm³/mol. The highest BCUT2D eigenvalue weighted by atomic mass is 16.3. The topological polar surface area (TPSA) is 57.0 Å². The minimum atomic E-state index is 0.610. The van der Waals surface area contributed by atoms with Crippen LogP contribution in [0.4, 0.5) is 0 Å². The van der Waals surface area contributed by atoms with Crippen molar-refractivity contribution in [1.82, 2.24) is 14.5 Å². The highest BCUT2D eigenvalue weighted by Gasteiger charge is 2.22. The van der Waals surface area contributed by atoms with Crippen molar-refractivity contribution in [1.29, 1.82) is 0 Å². The molecule has 0 radical (unpaired) electrons. The molecule has 0 amide bonds. The van der Waals surface area contributed by atoms with Crippen LogP contribution in [0.25, 0.3) is 128 Å². The lowest BCUT2D eigenvalue weighted by atomic mass is 9.99. The summed E-state index contributed by atoms with van der Waals surface area (Å²) in [6.45, 7) is 0. The van der Waals surface area contributed by atoms with Crippen molar-refractivity contribution in [3.8, 4) is 61.7 Å². The molecule has 0 spiro atoms. The molecule has 63 heavy (non-hydrogen) atoms. The summed E-state index contributed by atoms with van der Waals surface area (Å²) < 4.78 is 15.5. The Kier molecular flexibility index (Phi) is 7.84. The first-order chi connectivity index (χ1) is 31.2. The number of fused-ring (bicyclic) bond motifs is 9. The monoisotopic (exact) mass is 805 g/mol. The molecule has 0 saturated carbocycles. The van der Waals surface area contributed by atoms with Gasteiger partial charge in [0.25, 0.3) is 0 Å². The first kappa shape index (κ1) is 35.2. The highest BCUT2D eigenvalue weighted by Crippen LogP contribution is 2.42. The lowest BCUT2D eigenvalue weighted by Gasteiger charge is -2.11. The summed E-state index contributed by atoms with van der Waals surface area (Å²) in [5.41, 5.74) is 16.7. The molecule has 0 aliphatic heterocycles. The fraction of sp³-hybridized carbons (Fsp3) is 0. The molecule has 4 heterocycles. The van der Waals surface area contributed by atoms with Crippen molar-refractivity contribution in [3.63, 3.8) is 0 Å². The molecule has 0 N–H and O–H groups in total. The molecule has 13 rings (SSSR count). The van der Waals surface area contributed by atoms with Crippen LogP contribution < -0.4 is 0 Å². The summed E-state index contributed by atoms with van der Waals surface area (Å²) in [6.07, 6.45) is 0. The first-order valence-corrected chi connectivity index (χ1v) is 21.2. The van der Waals surface area contributed by atoms with Crippen molar-refractivity contribution in [3.05, 3.63) is 212 Å². The standard InChI is InChI=1S/C58H35N3O2/c1-4-14-36(15-5-1)39-20-12-21-43(32-39)61-49-24-11-10-22-44(49)46-33-41(26-29-50(46)61)42-28-30-51-47(34-42)54-45(23-13-25-53(54)62-51)58-59-55(38-18-8-3-9-19-38)57-56(60-58)48-35-40(27-31-52(48)63-57)37-16-6-2-7-17-37/h1-35H. The van der Waals surface area contributed by atoms with E-state index in [4.69, 9.17) is 18.8 Å². The molecular weight excluding hydrogens is 771 g/mol. The number of hydrogen-bond acceptors (Lipinski definition) is 4. The summed E-state index contributed by atoms with van der Waals surface area (Å²) in [5, 5.41) is 5.33. The zero-order chi connectivity index (χ0) is 41.4. The molecule has 9 aromatic carbocycles. The van der Waals surface area contributed by atoms with Gasteiger partial charge in [-0.1, -0.05) is 152 Å². The molecule has 5 heteroatoms. The van der Waals surface area contributed by atoms with Gasteiger partial charge in [0.05, 0.1) is 11.0 Å². The summed E-state index contributed by atoms with van der Waals surface area (Å²) in [7, 11) is 0. The van der Waals surface area contributed by atoms with Crippen molar-refractivity contribution >= 4 is 65.8 Å². The Hall–Kier alpha value is -8.54. The number of aromatic nitrogens is 3. The maximum atomic E-state index is 6.59. The second-order valence-corrected chi connectivity index (χ2v) is 16.1. The molecule has 0 atom stereocenters. The number of para-hydroxylation sites is 1. The van der Waals surface area contributed by atoms with Gasteiger partial charge in [0.2, 0.25) is 0 Å². The van der Waals surface area contributed by atoms with Crippen LogP contribution in [0.3, 0.4) is 0 Å². The largest absolute Gasteiger partial charge is 0.456 e. The summed E-state index contributed by atoms with van der Waals surface area (Å²) in [4.78, 5) is 10.6. The average molecular weight is 806 g/mol. The van der Waals surface area contributed by atoms with Crippen molar-refractivity contribution in [2.45, 2.75) is 0 Å². The molecule has 0 unspecified atom stereocenters. The summed E-state index contributed by atoms with van der Waals surface area (Å²) in [6, 6.07) is 74.5. The minimum Gasteiger partial charge on any atom is -0.456 e. The molecule has 0 bridgehead atoms. The minimum absolute atomic E-state index is 0.610. The van der Waals surface area contributed by atoms with E-state index >= 15 is 0 Å². The molecule has 0 aliphatic carbocycles. The zero-order valence-corrected chi connectivity index (χ0v) is 33.9. The number of nitrogens with zero attached hydrogens (tertiary/aromatic N) is 3. The first-order valence-electron chi connectivity index (χ1n) is 21.2. The van der Waals surface area contributed by atoms with Gasteiger partial charge in [0.15, 0.2) is 11.4 Å². The van der Waals surface area contributed by atoms with E-state index < -0.39 is 0 Å². The van der Waals surface area contributed by atoms with Crippen LogP contribution in [0, 0.1) is 0 Å². The van der Waals surface area contributed by atoms with E-state index in [0.717, 1.165) is 88.7 Å². The molecule has 5 nitrogen and oxygen atoms in total. The number of rotatable bonds is 6. The maximum absolute atomic E-state index is 6.59. The van der Waals surface area contributed by atoms with E-state index in [-0.39, 0.29) is 0 Å². The van der Waals surface area contributed by atoms with Crippen LogP contribution in [0.15, 0.2) is 221 Å². The van der Waals surface area contributed by atoms with Crippen molar-refractivity contribution < 1.29 is 8.83 Å². The van der Waals surface area contributed by atoms with Gasteiger partial charge in [-0.3, -0.25) is 0 Å². The Balaban J connectivity index is 0.980. The van der Waals surface area contributed by atoms with Gasteiger partial charge in [0, 0.05) is 43.7 Å². The molecule has 0 aliphatic rings. The van der Waals surface area contributed by atoms with E-state index in [1.807, 2.05) is 42.5 Å². The van der Waals surface area contributed by atoms with Gasteiger partial charge in [-0.2, -0.15) is 0 Å². The van der Waals surface area contributed by atoms with Gasteiger partial charge in [-0.25, -0.2) is 9.97 Å². The smallest absolute Gasteiger partial charge is 0.180 e. The highest BCUT2D eigenvalue weighted by molar-refractivity contribution is 6.15. The Bertz CT molecular complexity index is 3900. The van der Waals surface area contributed by atoms with Crippen LogP contribution in [-0.4, -0.2) is 14.5 Å². The third-order valence-electron chi connectivity index (χ3n) is 12.4. The van der Waals surface area contributed by atoms with Gasteiger partial charge in [-0.05, 0) is 94.0 Å². The molecule has 294 valence electrons. The molecule has 13 aromatic rings. The summed E-state index contributed by atoms with van der Waals surface area (Å²) in [5.74, 6) is 0.610. The Morgan fingerprint density at radius 3 is 1.68 bits per heavy atom. The number of furan rings is 2. The quantitative estimate of drug-likeness (QED) is 0.168. The van der Waals surface area contributed by atoms with Crippen LogP contribution in [0.5, 0.6) is 0 Å². The zero-order valence-electron chi connectivity index (χ0n) is 33.9. The molecule has 0 saturated heterocycles. The van der Waals surface area contributed by atoms with Crippen LogP contribution in [0.1, 0.15) is 0 Å². The third-order valence-corrected chi connectivity index (χ3v) is 12.4. The molecular formula is C58H35N3O2. The van der Waals surface area contributed by atoms with Gasteiger partial charge in [0.1, 0.15) is 28.0 Å². The predicted octanol–water partition coefficient (Wildman–Crippen LogP) is 15.7. The van der Waals surface area contributed by atoms with Crippen LogP contribution >= 0.6 is 0 Å². The van der Waals surface area contributed by atoms with E-state index in [0.29, 0.717) is 11.4 Å².